The van der Waals surface area contributed by atoms with Gasteiger partial charge in [-0.3, -0.25) is 4.79 Å². The second-order valence-electron chi connectivity index (χ2n) is 5.10. The van der Waals surface area contributed by atoms with E-state index in [4.69, 9.17) is 25.8 Å². The lowest BCUT2D eigenvalue weighted by atomic mass is 9.86. The molecule has 0 spiro atoms. The van der Waals surface area contributed by atoms with E-state index in [1.54, 1.807) is 25.3 Å². The van der Waals surface area contributed by atoms with Gasteiger partial charge in [-0.2, -0.15) is 0 Å². The van der Waals surface area contributed by atoms with Crippen molar-refractivity contribution in [1.82, 2.24) is 0 Å². The van der Waals surface area contributed by atoms with Crippen molar-refractivity contribution < 1.29 is 19.0 Å². The van der Waals surface area contributed by atoms with Crippen LogP contribution in [0.25, 0.3) is 0 Å². The molecule has 4 nitrogen and oxygen atoms in total. The average Bonchev–Trinajstić information content (AvgIpc) is 2.49. The maximum Gasteiger partial charge on any atom is 0.169 e. The zero-order valence-electron chi connectivity index (χ0n) is 12.5. The van der Waals surface area contributed by atoms with Crippen LogP contribution in [0.4, 0.5) is 0 Å². The molecule has 116 valence electrons. The summed E-state index contributed by atoms with van der Waals surface area (Å²) in [7, 11) is 1.59. The van der Waals surface area contributed by atoms with Gasteiger partial charge in [0.15, 0.2) is 5.78 Å². The molecule has 0 radical (unpaired) electrons. The highest BCUT2D eigenvalue weighted by atomic mass is 35.5. The number of carbonyl (C=O) groups excluding carboxylic acids is 1. The molecule has 1 aliphatic rings. The van der Waals surface area contributed by atoms with Crippen LogP contribution in [-0.4, -0.2) is 38.3 Å². The van der Waals surface area contributed by atoms with Gasteiger partial charge >= 0.3 is 0 Å². The molecule has 0 unspecified atom stereocenters. The zero-order chi connectivity index (χ0) is 15.3. The van der Waals surface area contributed by atoms with Crippen LogP contribution in [0.1, 0.15) is 25.3 Å². The maximum absolute atomic E-state index is 12.8. The molecule has 0 amide bonds. The first kappa shape index (κ1) is 16.3. The molecule has 1 heterocycles. The van der Waals surface area contributed by atoms with Crippen LogP contribution >= 0.6 is 11.6 Å². The van der Waals surface area contributed by atoms with Crippen LogP contribution in [0.2, 0.25) is 5.02 Å². The van der Waals surface area contributed by atoms with E-state index in [0.717, 1.165) is 5.56 Å². The second-order valence-corrected chi connectivity index (χ2v) is 5.53. The standard InChI is InChI=1S/C16H21ClO4/c1-3-21-16(6-8-20-9-7-16)15(18)11-12-10-13(17)4-5-14(12)19-2/h4-5,10H,3,6-9,11H2,1-2H3. The van der Waals surface area contributed by atoms with Crippen LogP contribution in [0, 0.1) is 0 Å². The summed E-state index contributed by atoms with van der Waals surface area (Å²) in [5.74, 6) is 0.736. The number of hydrogen-bond acceptors (Lipinski definition) is 4. The topological polar surface area (TPSA) is 44.8 Å². The largest absolute Gasteiger partial charge is 0.496 e. The number of halogens is 1. The van der Waals surface area contributed by atoms with E-state index < -0.39 is 5.60 Å². The van der Waals surface area contributed by atoms with E-state index in [1.807, 2.05) is 6.92 Å². The van der Waals surface area contributed by atoms with Crippen LogP contribution in [0.3, 0.4) is 0 Å². The predicted molar refractivity (Wildman–Crippen MR) is 81.1 cm³/mol. The first-order valence-electron chi connectivity index (χ1n) is 7.18. The number of ether oxygens (including phenoxy) is 3. The molecule has 1 aromatic rings. The van der Waals surface area contributed by atoms with Gasteiger partial charge in [-0.05, 0) is 25.1 Å². The lowest BCUT2D eigenvalue weighted by molar-refractivity contribution is -0.156. The van der Waals surface area contributed by atoms with Crippen LogP contribution in [0.15, 0.2) is 18.2 Å². The Bertz CT molecular complexity index is 490. The summed E-state index contributed by atoms with van der Waals surface area (Å²) in [6.07, 6.45) is 1.45. The second kappa shape index (κ2) is 7.25. The fourth-order valence-electron chi connectivity index (χ4n) is 2.70. The van der Waals surface area contributed by atoms with E-state index in [-0.39, 0.29) is 12.2 Å². The van der Waals surface area contributed by atoms with Gasteiger partial charge in [0.05, 0.1) is 7.11 Å². The van der Waals surface area contributed by atoms with Gasteiger partial charge in [-0.25, -0.2) is 0 Å². The fraction of sp³-hybridized carbons (Fsp3) is 0.562. The van der Waals surface area contributed by atoms with Gasteiger partial charge in [-0.15, -0.1) is 0 Å². The Hall–Kier alpha value is -1.10. The number of carbonyl (C=O) groups is 1. The third-order valence-electron chi connectivity index (χ3n) is 3.82. The van der Waals surface area contributed by atoms with Crippen molar-refractivity contribution in [2.75, 3.05) is 26.9 Å². The number of rotatable bonds is 6. The molecule has 1 aliphatic heterocycles. The molecule has 0 aromatic heterocycles. The van der Waals surface area contributed by atoms with Crippen molar-refractivity contribution in [3.8, 4) is 5.75 Å². The van der Waals surface area contributed by atoms with Gasteiger partial charge in [0.25, 0.3) is 0 Å². The normalized spacial score (nSPS) is 17.5. The van der Waals surface area contributed by atoms with Gasteiger partial charge in [0.1, 0.15) is 11.4 Å². The first-order valence-corrected chi connectivity index (χ1v) is 7.56. The Labute approximate surface area is 130 Å². The first-order chi connectivity index (χ1) is 10.1. The number of methoxy groups -OCH3 is 1. The summed E-state index contributed by atoms with van der Waals surface area (Å²) < 4.78 is 16.5. The Kier molecular flexibility index (Phi) is 5.62. The molecule has 0 N–H and O–H groups in total. The molecule has 2 rings (SSSR count). The third kappa shape index (κ3) is 3.76. The van der Waals surface area contributed by atoms with Crippen LogP contribution < -0.4 is 4.74 Å². The average molecular weight is 313 g/mol. The molecule has 5 heteroatoms. The van der Waals surface area contributed by atoms with Crippen molar-refractivity contribution in [3.63, 3.8) is 0 Å². The highest BCUT2D eigenvalue weighted by Crippen LogP contribution is 2.30. The quantitative estimate of drug-likeness (QED) is 0.810. The van der Waals surface area contributed by atoms with Crippen LogP contribution in [0.5, 0.6) is 5.75 Å². The van der Waals surface area contributed by atoms with Crippen molar-refractivity contribution in [2.45, 2.75) is 31.8 Å². The van der Waals surface area contributed by atoms with Crippen molar-refractivity contribution >= 4 is 17.4 Å². The Morgan fingerprint density at radius 1 is 1.38 bits per heavy atom. The minimum Gasteiger partial charge on any atom is -0.496 e. The number of benzene rings is 1. The van der Waals surface area contributed by atoms with Crippen molar-refractivity contribution in [1.29, 1.82) is 0 Å². The fourth-order valence-corrected chi connectivity index (χ4v) is 2.90. The van der Waals surface area contributed by atoms with Crippen molar-refractivity contribution in [3.05, 3.63) is 28.8 Å². The summed E-state index contributed by atoms with van der Waals surface area (Å²) >= 11 is 6.02. The van der Waals surface area contributed by atoms with E-state index >= 15 is 0 Å². The SMILES string of the molecule is CCOC1(C(=O)Cc2cc(Cl)ccc2OC)CCOCC1. The van der Waals surface area contributed by atoms with Gasteiger partial charge in [0, 0.05) is 49.7 Å². The molecular formula is C16H21ClO4. The van der Waals surface area contributed by atoms with Crippen LogP contribution in [-0.2, 0) is 20.7 Å². The lowest BCUT2D eigenvalue weighted by Gasteiger charge is -2.35. The summed E-state index contributed by atoms with van der Waals surface area (Å²) in [5.41, 5.74) is 0.0564. The predicted octanol–water partition coefficient (Wildman–Crippen LogP) is 3.05. The molecular weight excluding hydrogens is 292 g/mol. The van der Waals surface area contributed by atoms with Crippen molar-refractivity contribution in [2.24, 2.45) is 0 Å². The summed E-state index contributed by atoms with van der Waals surface area (Å²) in [6, 6.07) is 5.31. The van der Waals surface area contributed by atoms with E-state index in [9.17, 15) is 4.79 Å². The minimum atomic E-state index is -0.736. The molecule has 21 heavy (non-hydrogen) atoms. The smallest absolute Gasteiger partial charge is 0.169 e. The molecule has 1 fully saturated rings. The maximum atomic E-state index is 12.8. The summed E-state index contributed by atoms with van der Waals surface area (Å²) in [6.45, 7) is 3.53. The minimum absolute atomic E-state index is 0.0632. The van der Waals surface area contributed by atoms with E-state index in [2.05, 4.69) is 0 Å². The van der Waals surface area contributed by atoms with Gasteiger partial charge in [0.2, 0.25) is 0 Å². The van der Waals surface area contributed by atoms with E-state index in [1.165, 1.54) is 0 Å². The Morgan fingerprint density at radius 3 is 2.71 bits per heavy atom. The number of Topliss-reactive ketones (excluding diaryl/α,β-unsaturated/α-hetero) is 1. The zero-order valence-corrected chi connectivity index (χ0v) is 13.2. The molecule has 0 bridgehead atoms. The highest BCUT2D eigenvalue weighted by molar-refractivity contribution is 6.30. The Morgan fingerprint density at radius 2 is 2.10 bits per heavy atom. The highest BCUT2D eigenvalue weighted by Gasteiger charge is 2.40. The molecule has 0 aliphatic carbocycles. The van der Waals surface area contributed by atoms with E-state index in [0.29, 0.717) is 43.4 Å². The van der Waals surface area contributed by atoms with Gasteiger partial charge in [-0.1, -0.05) is 11.6 Å². The monoisotopic (exact) mass is 312 g/mol. The molecule has 0 atom stereocenters. The number of ketones is 1. The molecule has 1 aromatic carbocycles. The third-order valence-corrected chi connectivity index (χ3v) is 4.06. The molecule has 0 saturated carbocycles. The summed E-state index contributed by atoms with van der Waals surface area (Å²) in [5, 5.41) is 0.594. The molecule has 1 saturated heterocycles. The lowest BCUT2D eigenvalue weighted by Crippen LogP contribution is -2.47. The summed E-state index contributed by atoms with van der Waals surface area (Å²) in [4.78, 5) is 12.8. The van der Waals surface area contributed by atoms with Gasteiger partial charge < -0.3 is 14.2 Å². The Balaban J connectivity index is 2.20. The number of hydrogen-bond donors (Lipinski definition) is 0.